The summed E-state index contributed by atoms with van der Waals surface area (Å²) in [5.74, 6) is 1.59. The molecule has 0 unspecified atom stereocenters. The first-order chi connectivity index (χ1) is 7.89. The van der Waals surface area contributed by atoms with Crippen molar-refractivity contribution in [3.8, 4) is 5.88 Å². The van der Waals surface area contributed by atoms with Gasteiger partial charge in [0.25, 0.3) is 0 Å². The standard InChI is InChI=1S/C14H22N2O/c1-6-17-11-9-7-8-10(15-11)16-12-13(2,3)14(12,4)5/h7-9,12H,6H2,1-5H3,(H,15,16). The molecule has 1 aromatic heterocycles. The number of anilines is 1. The second kappa shape index (κ2) is 3.90. The van der Waals surface area contributed by atoms with Gasteiger partial charge in [-0.25, -0.2) is 0 Å². The summed E-state index contributed by atoms with van der Waals surface area (Å²) in [6.45, 7) is 11.8. The first-order valence-electron chi connectivity index (χ1n) is 6.26. The Bertz CT molecular complexity index is 398. The molecule has 0 saturated heterocycles. The van der Waals surface area contributed by atoms with Crippen molar-refractivity contribution in [2.45, 2.75) is 40.7 Å². The predicted octanol–water partition coefficient (Wildman–Crippen LogP) is 3.33. The van der Waals surface area contributed by atoms with Gasteiger partial charge >= 0.3 is 0 Å². The minimum absolute atomic E-state index is 0.316. The monoisotopic (exact) mass is 234 g/mol. The van der Waals surface area contributed by atoms with E-state index in [9.17, 15) is 0 Å². The van der Waals surface area contributed by atoms with E-state index >= 15 is 0 Å². The highest BCUT2D eigenvalue weighted by molar-refractivity contribution is 5.43. The van der Waals surface area contributed by atoms with Crippen LogP contribution in [0.2, 0.25) is 0 Å². The molecule has 1 heterocycles. The van der Waals surface area contributed by atoms with Gasteiger partial charge in [0, 0.05) is 12.1 Å². The number of aromatic nitrogens is 1. The van der Waals surface area contributed by atoms with Crippen LogP contribution in [-0.4, -0.2) is 17.6 Å². The molecule has 1 fully saturated rings. The van der Waals surface area contributed by atoms with Crippen molar-refractivity contribution >= 4 is 5.82 Å². The van der Waals surface area contributed by atoms with E-state index in [0.29, 0.717) is 29.4 Å². The topological polar surface area (TPSA) is 34.1 Å². The second-order valence-corrected chi connectivity index (χ2v) is 5.81. The highest BCUT2D eigenvalue weighted by atomic mass is 16.5. The predicted molar refractivity (Wildman–Crippen MR) is 70.4 cm³/mol. The van der Waals surface area contributed by atoms with Crippen LogP contribution in [0.15, 0.2) is 18.2 Å². The van der Waals surface area contributed by atoms with Crippen molar-refractivity contribution < 1.29 is 4.74 Å². The molecule has 1 saturated carbocycles. The van der Waals surface area contributed by atoms with Crippen LogP contribution in [-0.2, 0) is 0 Å². The van der Waals surface area contributed by atoms with E-state index in [1.165, 1.54) is 0 Å². The third-order valence-electron chi connectivity index (χ3n) is 4.33. The summed E-state index contributed by atoms with van der Waals surface area (Å²) in [4.78, 5) is 4.44. The molecule has 1 aliphatic rings. The molecule has 1 N–H and O–H groups in total. The lowest BCUT2D eigenvalue weighted by Crippen LogP contribution is -2.11. The van der Waals surface area contributed by atoms with Crippen LogP contribution in [0.1, 0.15) is 34.6 Å². The third kappa shape index (κ3) is 1.99. The summed E-state index contributed by atoms with van der Waals surface area (Å²) in [6, 6.07) is 6.33. The van der Waals surface area contributed by atoms with E-state index in [4.69, 9.17) is 4.74 Å². The zero-order valence-electron chi connectivity index (χ0n) is 11.4. The molecule has 17 heavy (non-hydrogen) atoms. The van der Waals surface area contributed by atoms with Crippen molar-refractivity contribution in [1.29, 1.82) is 0 Å². The largest absolute Gasteiger partial charge is 0.478 e. The first-order valence-corrected chi connectivity index (χ1v) is 6.26. The molecule has 0 amide bonds. The molecule has 0 atom stereocenters. The van der Waals surface area contributed by atoms with Gasteiger partial charge in [0.2, 0.25) is 5.88 Å². The highest BCUT2D eigenvalue weighted by Crippen LogP contribution is 2.63. The number of hydrogen-bond acceptors (Lipinski definition) is 3. The van der Waals surface area contributed by atoms with Gasteiger partial charge < -0.3 is 10.1 Å². The van der Waals surface area contributed by atoms with Crippen molar-refractivity contribution in [2.24, 2.45) is 10.8 Å². The fourth-order valence-electron chi connectivity index (χ4n) is 2.43. The summed E-state index contributed by atoms with van der Waals surface area (Å²) in [5, 5.41) is 3.50. The molecule has 94 valence electrons. The number of hydrogen-bond donors (Lipinski definition) is 1. The van der Waals surface area contributed by atoms with Gasteiger partial charge in [0.1, 0.15) is 5.82 Å². The Balaban J connectivity index is 2.08. The van der Waals surface area contributed by atoms with Crippen LogP contribution in [0.25, 0.3) is 0 Å². The molecule has 3 nitrogen and oxygen atoms in total. The molecule has 1 aromatic rings. The molecular weight excluding hydrogens is 212 g/mol. The lowest BCUT2D eigenvalue weighted by atomic mass is 10.0. The molecule has 0 aromatic carbocycles. The normalized spacial score (nSPS) is 21.0. The Morgan fingerprint density at radius 2 is 1.88 bits per heavy atom. The highest BCUT2D eigenvalue weighted by Gasteiger charge is 2.65. The van der Waals surface area contributed by atoms with Crippen molar-refractivity contribution in [2.75, 3.05) is 11.9 Å². The van der Waals surface area contributed by atoms with Crippen LogP contribution < -0.4 is 10.1 Å². The number of rotatable bonds is 4. The van der Waals surface area contributed by atoms with Crippen molar-refractivity contribution in [3.63, 3.8) is 0 Å². The van der Waals surface area contributed by atoms with Crippen LogP contribution in [0, 0.1) is 10.8 Å². The summed E-state index contributed by atoms with van der Waals surface area (Å²) < 4.78 is 5.40. The maximum Gasteiger partial charge on any atom is 0.215 e. The SMILES string of the molecule is CCOc1cccc(NC2C(C)(C)C2(C)C)n1. The van der Waals surface area contributed by atoms with E-state index in [-0.39, 0.29) is 0 Å². The summed E-state index contributed by atoms with van der Waals surface area (Å²) >= 11 is 0. The fourth-order valence-corrected chi connectivity index (χ4v) is 2.43. The van der Waals surface area contributed by atoms with Crippen LogP contribution >= 0.6 is 0 Å². The van der Waals surface area contributed by atoms with Crippen LogP contribution in [0.4, 0.5) is 5.82 Å². The van der Waals surface area contributed by atoms with Crippen molar-refractivity contribution in [3.05, 3.63) is 18.2 Å². The average molecular weight is 234 g/mol. The number of pyridine rings is 1. The maximum absolute atomic E-state index is 5.40. The molecular formula is C14H22N2O. The number of nitrogens with one attached hydrogen (secondary N) is 1. The molecule has 3 heteroatoms. The van der Waals surface area contributed by atoms with Crippen molar-refractivity contribution in [1.82, 2.24) is 4.98 Å². The van der Waals surface area contributed by atoms with Gasteiger partial charge in [0.05, 0.1) is 6.61 Å². The smallest absolute Gasteiger partial charge is 0.215 e. The molecule has 0 spiro atoms. The zero-order chi connectivity index (χ0) is 12.7. The summed E-state index contributed by atoms with van der Waals surface area (Å²) in [6.07, 6.45) is 0. The fraction of sp³-hybridized carbons (Fsp3) is 0.643. The van der Waals surface area contributed by atoms with Gasteiger partial charge in [-0.05, 0) is 23.8 Å². The lowest BCUT2D eigenvalue weighted by Gasteiger charge is -2.09. The van der Waals surface area contributed by atoms with Crippen LogP contribution in [0.3, 0.4) is 0 Å². The van der Waals surface area contributed by atoms with E-state index in [2.05, 4.69) is 38.0 Å². The van der Waals surface area contributed by atoms with Gasteiger partial charge in [-0.1, -0.05) is 33.8 Å². The Hall–Kier alpha value is -1.25. The minimum atomic E-state index is 0.316. The molecule has 0 aliphatic heterocycles. The number of nitrogens with zero attached hydrogens (tertiary/aromatic N) is 1. The molecule has 2 rings (SSSR count). The molecule has 0 radical (unpaired) electrons. The Labute approximate surface area is 104 Å². The number of ether oxygens (including phenoxy) is 1. The quantitative estimate of drug-likeness (QED) is 0.867. The van der Waals surface area contributed by atoms with E-state index in [1.54, 1.807) is 0 Å². The van der Waals surface area contributed by atoms with Gasteiger partial charge in [-0.3, -0.25) is 0 Å². The van der Waals surface area contributed by atoms with E-state index in [0.717, 1.165) is 5.82 Å². The van der Waals surface area contributed by atoms with Crippen LogP contribution in [0.5, 0.6) is 5.88 Å². The zero-order valence-corrected chi connectivity index (χ0v) is 11.4. The van der Waals surface area contributed by atoms with Gasteiger partial charge in [0.15, 0.2) is 0 Å². The molecule has 0 bridgehead atoms. The summed E-state index contributed by atoms with van der Waals surface area (Å²) in [5.41, 5.74) is 0.632. The Kier molecular flexibility index (Phi) is 2.80. The van der Waals surface area contributed by atoms with Gasteiger partial charge in [-0.2, -0.15) is 4.98 Å². The third-order valence-corrected chi connectivity index (χ3v) is 4.33. The Morgan fingerprint density at radius 1 is 1.24 bits per heavy atom. The Morgan fingerprint density at radius 3 is 2.41 bits per heavy atom. The van der Waals surface area contributed by atoms with Gasteiger partial charge in [-0.15, -0.1) is 0 Å². The van der Waals surface area contributed by atoms with E-state index < -0.39 is 0 Å². The first kappa shape index (κ1) is 12.2. The second-order valence-electron chi connectivity index (χ2n) is 5.81. The molecule has 1 aliphatic carbocycles. The average Bonchev–Trinajstić information content (AvgIpc) is 2.62. The summed E-state index contributed by atoms with van der Waals surface area (Å²) in [7, 11) is 0. The maximum atomic E-state index is 5.40. The lowest BCUT2D eigenvalue weighted by molar-refractivity contribution is 0.327. The van der Waals surface area contributed by atoms with E-state index in [1.807, 2.05) is 25.1 Å². The minimum Gasteiger partial charge on any atom is -0.478 e.